The molecule has 0 amide bonds. The maximum Gasteiger partial charge on any atom is 0.277 e. The number of pyridine rings is 1. The minimum atomic E-state index is -0.0923. The number of hydrogen-bond donors (Lipinski definition) is 4. The second-order valence-electron chi connectivity index (χ2n) is 8.54. The molecule has 0 unspecified atom stereocenters. The highest BCUT2D eigenvalue weighted by atomic mass is 16.1. The van der Waals surface area contributed by atoms with E-state index in [9.17, 15) is 4.79 Å². The molecule has 2 aromatic carbocycles. The number of rotatable bonds is 7. The third kappa shape index (κ3) is 4.03. The summed E-state index contributed by atoms with van der Waals surface area (Å²) in [6.45, 7) is 0.909. The molecule has 0 radical (unpaired) electrons. The van der Waals surface area contributed by atoms with E-state index in [2.05, 4.69) is 0 Å². The van der Waals surface area contributed by atoms with Gasteiger partial charge in [0, 0.05) is 29.8 Å². The first kappa shape index (κ1) is 20.7. The highest BCUT2D eigenvalue weighted by Gasteiger charge is 2.30. The Labute approximate surface area is 190 Å². The SMILES string of the molecule is N=C(N)c1ccc(Cn2ccc3nc(C4CC4)n(Cc4cccc(C(=N)N)c4)c3c2=O)cc1. The first-order chi connectivity index (χ1) is 15.9. The van der Waals surface area contributed by atoms with Crippen LogP contribution in [0.2, 0.25) is 0 Å². The lowest BCUT2D eigenvalue weighted by molar-refractivity contribution is 0.725. The summed E-state index contributed by atoms with van der Waals surface area (Å²) in [6, 6.07) is 16.8. The van der Waals surface area contributed by atoms with Crippen LogP contribution in [-0.4, -0.2) is 25.8 Å². The zero-order valence-corrected chi connectivity index (χ0v) is 18.1. The number of amidine groups is 2. The molecule has 166 valence electrons. The van der Waals surface area contributed by atoms with Crippen molar-refractivity contribution in [2.45, 2.75) is 31.8 Å². The maximum atomic E-state index is 13.5. The van der Waals surface area contributed by atoms with E-state index in [4.69, 9.17) is 27.3 Å². The van der Waals surface area contributed by atoms with Crippen LogP contribution in [0.1, 0.15) is 46.8 Å². The van der Waals surface area contributed by atoms with E-state index in [-0.39, 0.29) is 17.2 Å². The van der Waals surface area contributed by atoms with Crippen molar-refractivity contribution in [2.75, 3.05) is 0 Å². The number of nitrogen functional groups attached to an aromatic ring is 2. The molecule has 0 spiro atoms. The van der Waals surface area contributed by atoms with Crippen LogP contribution in [0.3, 0.4) is 0 Å². The van der Waals surface area contributed by atoms with Crippen LogP contribution >= 0.6 is 0 Å². The lowest BCUT2D eigenvalue weighted by atomic mass is 10.1. The van der Waals surface area contributed by atoms with Crippen LogP contribution in [0.4, 0.5) is 0 Å². The van der Waals surface area contributed by atoms with E-state index in [1.165, 1.54) is 0 Å². The van der Waals surface area contributed by atoms with Crippen molar-refractivity contribution in [1.29, 1.82) is 10.8 Å². The molecule has 33 heavy (non-hydrogen) atoms. The minimum absolute atomic E-state index is 0.0190. The Hall–Kier alpha value is -4.20. The fourth-order valence-corrected chi connectivity index (χ4v) is 4.14. The van der Waals surface area contributed by atoms with Gasteiger partial charge in [0.05, 0.1) is 12.1 Å². The van der Waals surface area contributed by atoms with E-state index in [0.717, 1.165) is 29.8 Å². The minimum Gasteiger partial charge on any atom is -0.384 e. The number of nitrogens with one attached hydrogen (secondary N) is 2. The fourth-order valence-electron chi connectivity index (χ4n) is 4.14. The first-order valence-electron chi connectivity index (χ1n) is 10.9. The smallest absolute Gasteiger partial charge is 0.277 e. The highest BCUT2D eigenvalue weighted by molar-refractivity contribution is 5.95. The molecule has 0 aliphatic heterocycles. The zero-order chi connectivity index (χ0) is 23.1. The van der Waals surface area contributed by atoms with Gasteiger partial charge in [-0.05, 0) is 36.1 Å². The Morgan fingerprint density at radius 2 is 1.67 bits per heavy atom. The number of nitrogens with two attached hydrogens (primary N) is 2. The van der Waals surface area contributed by atoms with Gasteiger partial charge in [0.25, 0.3) is 5.56 Å². The number of nitrogens with zero attached hydrogens (tertiary/aromatic N) is 3. The van der Waals surface area contributed by atoms with Crippen molar-refractivity contribution in [3.63, 3.8) is 0 Å². The van der Waals surface area contributed by atoms with Gasteiger partial charge in [-0.15, -0.1) is 0 Å². The lowest BCUT2D eigenvalue weighted by Crippen LogP contribution is -2.23. The van der Waals surface area contributed by atoms with Gasteiger partial charge in [-0.3, -0.25) is 15.6 Å². The molecule has 1 saturated carbocycles. The molecule has 1 fully saturated rings. The number of fused-ring (bicyclic) bond motifs is 1. The van der Waals surface area contributed by atoms with Crippen molar-refractivity contribution >= 4 is 22.7 Å². The van der Waals surface area contributed by atoms with Crippen molar-refractivity contribution in [3.8, 4) is 0 Å². The Balaban J connectivity index is 1.56. The van der Waals surface area contributed by atoms with Crippen molar-refractivity contribution in [3.05, 3.63) is 99.2 Å². The normalized spacial score (nSPS) is 13.3. The molecule has 0 atom stereocenters. The van der Waals surface area contributed by atoms with E-state index in [1.54, 1.807) is 22.9 Å². The zero-order valence-electron chi connectivity index (χ0n) is 18.1. The molecule has 0 saturated heterocycles. The monoisotopic (exact) mass is 439 g/mol. The summed E-state index contributed by atoms with van der Waals surface area (Å²) in [5.74, 6) is 1.36. The summed E-state index contributed by atoms with van der Waals surface area (Å²) < 4.78 is 3.72. The molecule has 1 aliphatic rings. The van der Waals surface area contributed by atoms with Crippen LogP contribution in [-0.2, 0) is 13.1 Å². The third-order valence-electron chi connectivity index (χ3n) is 6.04. The average Bonchev–Trinajstić information content (AvgIpc) is 3.58. The Bertz CT molecular complexity index is 1440. The molecule has 8 nitrogen and oxygen atoms in total. The summed E-state index contributed by atoms with van der Waals surface area (Å²) in [6.07, 6.45) is 3.94. The quantitative estimate of drug-likeness (QED) is 0.260. The van der Waals surface area contributed by atoms with Crippen molar-refractivity contribution in [1.82, 2.24) is 14.1 Å². The molecular weight excluding hydrogens is 414 g/mol. The van der Waals surface area contributed by atoms with Gasteiger partial charge in [0.15, 0.2) is 0 Å². The van der Waals surface area contributed by atoms with E-state index >= 15 is 0 Å². The summed E-state index contributed by atoms with van der Waals surface area (Å²) >= 11 is 0. The number of benzene rings is 2. The number of hydrogen-bond acceptors (Lipinski definition) is 4. The van der Waals surface area contributed by atoms with Gasteiger partial charge in [-0.25, -0.2) is 4.98 Å². The third-order valence-corrected chi connectivity index (χ3v) is 6.04. The molecule has 6 N–H and O–H groups in total. The lowest BCUT2D eigenvalue weighted by Gasteiger charge is -2.11. The van der Waals surface area contributed by atoms with E-state index in [0.29, 0.717) is 41.2 Å². The van der Waals surface area contributed by atoms with Crippen LogP contribution in [0.5, 0.6) is 0 Å². The van der Waals surface area contributed by atoms with E-state index in [1.807, 2.05) is 47.0 Å². The Morgan fingerprint density at radius 3 is 2.33 bits per heavy atom. The molecule has 4 aromatic rings. The first-order valence-corrected chi connectivity index (χ1v) is 10.9. The second kappa shape index (κ2) is 8.05. The van der Waals surface area contributed by atoms with Gasteiger partial charge in [0.2, 0.25) is 0 Å². The van der Waals surface area contributed by atoms with Gasteiger partial charge >= 0.3 is 0 Å². The van der Waals surface area contributed by atoms with Gasteiger partial charge in [-0.1, -0.05) is 42.5 Å². The summed E-state index contributed by atoms with van der Waals surface area (Å²) in [5, 5.41) is 15.3. The van der Waals surface area contributed by atoms with Gasteiger partial charge < -0.3 is 20.6 Å². The van der Waals surface area contributed by atoms with Gasteiger partial charge in [-0.2, -0.15) is 0 Å². The van der Waals surface area contributed by atoms with Crippen LogP contribution in [0, 0.1) is 10.8 Å². The average molecular weight is 440 g/mol. The molecule has 0 bridgehead atoms. The number of aromatic nitrogens is 3. The van der Waals surface area contributed by atoms with Crippen molar-refractivity contribution in [2.24, 2.45) is 11.5 Å². The maximum absolute atomic E-state index is 13.5. The molecule has 8 heteroatoms. The molecule has 2 aromatic heterocycles. The summed E-state index contributed by atoms with van der Waals surface area (Å²) in [5.41, 5.74) is 15.6. The van der Waals surface area contributed by atoms with Crippen LogP contribution in [0.25, 0.3) is 11.0 Å². The van der Waals surface area contributed by atoms with Gasteiger partial charge in [0.1, 0.15) is 23.0 Å². The standard InChI is InChI=1S/C25H25N7O/c26-22(27)17-6-4-15(5-7-17)13-31-11-10-20-21(25(31)33)32(24(30-20)18-8-9-18)14-16-2-1-3-19(12-16)23(28)29/h1-7,10-12,18H,8-9,13-14H2,(H3,26,27)(H3,28,29). The second-order valence-corrected chi connectivity index (χ2v) is 8.54. The largest absolute Gasteiger partial charge is 0.384 e. The predicted octanol–water partition coefficient (Wildman–Crippen LogP) is 2.74. The summed E-state index contributed by atoms with van der Waals surface area (Å²) in [4.78, 5) is 18.4. The molecule has 2 heterocycles. The molecular formula is C25H25N7O. The Kier molecular flexibility index (Phi) is 5.05. The Morgan fingerprint density at radius 1 is 0.939 bits per heavy atom. The summed E-state index contributed by atoms with van der Waals surface area (Å²) in [7, 11) is 0. The van der Waals surface area contributed by atoms with Crippen LogP contribution < -0.4 is 17.0 Å². The van der Waals surface area contributed by atoms with Crippen LogP contribution in [0.15, 0.2) is 65.6 Å². The topological polar surface area (TPSA) is 140 Å². The van der Waals surface area contributed by atoms with E-state index < -0.39 is 0 Å². The number of imidazole rings is 1. The fraction of sp³-hybridized carbons (Fsp3) is 0.200. The highest BCUT2D eigenvalue weighted by Crippen LogP contribution is 2.40. The molecule has 1 aliphatic carbocycles. The van der Waals surface area contributed by atoms with Crippen molar-refractivity contribution < 1.29 is 0 Å². The molecule has 5 rings (SSSR count). The predicted molar refractivity (Wildman–Crippen MR) is 129 cm³/mol.